The second kappa shape index (κ2) is 7.36. The van der Waals surface area contributed by atoms with Gasteiger partial charge in [0.1, 0.15) is 5.75 Å². The number of anilines is 1. The molecule has 122 valence electrons. The highest BCUT2D eigenvalue weighted by atomic mass is 16.5. The summed E-state index contributed by atoms with van der Waals surface area (Å²) in [6.07, 6.45) is 4.33. The molecule has 7 heteroatoms. The molecule has 0 bridgehead atoms. The SMILES string of the molecule is COc1ccc(CCC(=O)Nc2n[nH]c(-c3ccncc3)n2)cc1. The Balaban J connectivity index is 1.54. The van der Waals surface area contributed by atoms with Crippen LogP contribution in [-0.2, 0) is 11.2 Å². The number of aryl methyl sites for hydroxylation is 1. The lowest BCUT2D eigenvalue weighted by Crippen LogP contribution is -2.13. The summed E-state index contributed by atoms with van der Waals surface area (Å²) in [6.45, 7) is 0. The van der Waals surface area contributed by atoms with Gasteiger partial charge in [-0.05, 0) is 36.2 Å². The maximum Gasteiger partial charge on any atom is 0.249 e. The topological polar surface area (TPSA) is 92.8 Å². The van der Waals surface area contributed by atoms with Crippen LogP contribution in [0.2, 0.25) is 0 Å². The van der Waals surface area contributed by atoms with Gasteiger partial charge >= 0.3 is 0 Å². The molecule has 2 heterocycles. The van der Waals surface area contributed by atoms with Gasteiger partial charge in [-0.2, -0.15) is 4.98 Å². The van der Waals surface area contributed by atoms with Crippen molar-refractivity contribution in [1.82, 2.24) is 20.2 Å². The largest absolute Gasteiger partial charge is 0.497 e. The molecule has 0 saturated heterocycles. The fraction of sp³-hybridized carbons (Fsp3) is 0.176. The van der Waals surface area contributed by atoms with Crippen LogP contribution in [0.3, 0.4) is 0 Å². The zero-order valence-electron chi connectivity index (χ0n) is 13.2. The first-order valence-corrected chi connectivity index (χ1v) is 7.50. The Hall–Kier alpha value is -3.22. The van der Waals surface area contributed by atoms with Gasteiger partial charge in [0.25, 0.3) is 0 Å². The summed E-state index contributed by atoms with van der Waals surface area (Å²) >= 11 is 0. The lowest BCUT2D eigenvalue weighted by Gasteiger charge is -2.03. The predicted molar refractivity (Wildman–Crippen MR) is 89.6 cm³/mol. The summed E-state index contributed by atoms with van der Waals surface area (Å²) in [5.41, 5.74) is 1.93. The van der Waals surface area contributed by atoms with Crippen LogP contribution in [0.15, 0.2) is 48.8 Å². The number of carbonyl (C=O) groups excluding carboxylic acids is 1. The van der Waals surface area contributed by atoms with E-state index in [-0.39, 0.29) is 11.9 Å². The Kier molecular flexibility index (Phi) is 4.81. The molecule has 1 aromatic carbocycles. The van der Waals surface area contributed by atoms with Gasteiger partial charge in [0.15, 0.2) is 5.82 Å². The summed E-state index contributed by atoms with van der Waals surface area (Å²) in [5, 5.41) is 9.49. The lowest BCUT2D eigenvalue weighted by molar-refractivity contribution is -0.116. The molecule has 0 atom stereocenters. The molecule has 0 saturated carbocycles. The zero-order valence-corrected chi connectivity index (χ0v) is 13.2. The lowest BCUT2D eigenvalue weighted by atomic mass is 10.1. The van der Waals surface area contributed by atoms with Crippen LogP contribution in [0.25, 0.3) is 11.4 Å². The molecule has 3 rings (SSSR count). The number of amides is 1. The number of H-pyrrole nitrogens is 1. The number of aromatic nitrogens is 4. The van der Waals surface area contributed by atoms with Crippen LogP contribution < -0.4 is 10.1 Å². The van der Waals surface area contributed by atoms with Crippen LogP contribution in [0.1, 0.15) is 12.0 Å². The standard InChI is InChI=1S/C17H17N5O2/c1-24-14-5-2-12(3-6-14)4-7-15(23)19-17-20-16(21-22-17)13-8-10-18-11-9-13/h2-3,5-6,8-11H,4,7H2,1H3,(H2,19,20,21,22,23). The first-order valence-electron chi connectivity index (χ1n) is 7.50. The smallest absolute Gasteiger partial charge is 0.249 e. The highest BCUT2D eigenvalue weighted by molar-refractivity contribution is 5.89. The molecule has 0 aliphatic rings. The van der Waals surface area contributed by atoms with Gasteiger partial charge in [-0.1, -0.05) is 12.1 Å². The van der Waals surface area contributed by atoms with Gasteiger partial charge in [0.05, 0.1) is 7.11 Å². The highest BCUT2D eigenvalue weighted by Gasteiger charge is 2.09. The molecule has 0 fully saturated rings. The molecule has 2 N–H and O–H groups in total. The average Bonchev–Trinajstić information content (AvgIpc) is 3.09. The monoisotopic (exact) mass is 323 g/mol. The Bertz CT molecular complexity index is 799. The predicted octanol–water partition coefficient (Wildman–Crippen LogP) is 2.45. The second-order valence-corrected chi connectivity index (χ2v) is 5.14. The van der Waals surface area contributed by atoms with Gasteiger partial charge in [-0.15, -0.1) is 5.10 Å². The van der Waals surface area contributed by atoms with Gasteiger partial charge in [0, 0.05) is 24.4 Å². The maximum absolute atomic E-state index is 12.0. The van der Waals surface area contributed by atoms with E-state index in [9.17, 15) is 4.79 Å². The number of methoxy groups -OCH3 is 1. The molecule has 2 aromatic heterocycles. The highest BCUT2D eigenvalue weighted by Crippen LogP contribution is 2.15. The number of hydrogen-bond acceptors (Lipinski definition) is 5. The van der Waals surface area contributed by atoms with E-state index in [4.69, 9.17) is 4.74 Å². The van der Waals surface area contributed by atoms with Crippen LogP contribution in [0, 0.1) is 0 Å². The minimum Gasteiger partial charge on any atom is -0.497 e. The van der Waals surface area contributed by atoms with Crippen molar-refractivity contribution < 1.29 is 9.53 Å². The Morgan fingerprint density at radius 3 is 2.62 bits per heavy atom. The molecular formula is C17H17N5O2. The molecular weight excluding hydrogens is 306 g/mol. The van der Waals surface area contributed by atoms with Crippen molar-refractivity contribution in [2.45, 2.75) is 12.8 Å². The number of ether oxygens (including phenoxy) is 1. The molecule has 0 radical (unpaired) electrons. The third-order valence-electron chi connectivity index (χ3n) is 3.49. The number of carbonyl (C=O) groups is 1. The van der Waals surface area contributed by atoms with E-state index in [0.717, 1.165) is 16.9 Å². The number of nitrogens with zero attached hydrogens (tertiary/aromatic N) is 3. The van der Waals surface area contributed by atoms with Crippen molar-refractivity contribution in [2.24, 2.45) is 0 Å². The van der Waals surface area contributed by atoms with E-state index in [0.29, 0.717) is 18.7 Å². The summed E-state index contributed by atoms with van der Waals surface area (Å²) < 4.78 is 5.11. The van der Waals surface area contributed by atoms with Crippen molar-refractivity contribution in [3.05, 3.63) is 54.4 Å². The van der Waals surface area contributed by atoms with Crippen molar-refractivity contribution in [1.29, 1.82) is 0 Å². The third-order valence-corrected chi connectivity index (χ3v) is 3.49. The number of rotatable bonds is 6. The van der Waals surface area contributed by atoms with Crippen molar-refractivity contribution >= 4 is 11.9 Å². The van der Waals surface area contributed by atoms with Gasteiger partial charge in [-0.25, -0.2) is 0 Å². The Labute approximate surface area is 139 Å². The molecule has 7 nitrogen and oxygen atoms in total. The molecule has 24 heavy (non-hydrogen) atoms. The Morgan fingerprint density at radius 2 is 1.92 bits per heavy atom. The number of aromatic amines is 1. The molecule has 0 unspecified atom stereocenters. The average molecular weight is 323 g/mol. The summed E-state index contributed by atoms with van der Waals surface area (Å²) in [5.74, 6) is 1.52. The number of hydrogen-bond donors (Lipinski definition) is 2. The number of nitrogens with one attached hydrogen (secondary N) is 2. The Morgan fingerprint density at radius 1 is 1.17 bits per heavy atom. The quantitative estimate of drug-likeness (QED) is 0.727. The third kappa shape index (κ3) is 3.95. The summed E-state index contributed by atoms with van der Waals surface area (Å²) in [7, 11) is 1.62. The van der Waals surface area contributed by atoms with Crippen LogP contribution in [0.5, 0.6) is 5.75 Å². The van der Waals surface area contributed by atoms with Gasteiger partial charge in [-0.3, -0.25) is 20.2 Å². The van der Waals surface area contributed by atoms with Crippen LogP contribution >= 0.6 is 0 Å². The number of pyridine rings is 1. The summed E-state index contributed by atoms with van der Waals surface area (Å²) in [6, 6.07) is 11.3. The van der Waals surface area contributed by atoms with E-state index in [1.807, 2.05) is 36.4 Å². The van der Waals surface area contributed by atoms with Gasteiger partial charge in [0.2, 0.25) is 11.9 Å². The fourth-order valence-corrected chi connectivity index (χ4v) is 2.19. The molecule has 1 amide bonds. The normalized spacial score (nSPS) is 10.4. The van der Waals surface area contributed by atoms with E-state index >= 15 is 0 Å². The van der Waals surface area contributed by atoms with Crippen LogP contribution in [0.4, 0.5) is 5.95 Å². The zero-order chi connectivity index (χ0) is 16.8. The first kappa shape index (κ1) is 15.7. The van der Waals surface area contributed by atoms with Gasteiger partial charge < -0.3 is 4.74 Å². The van der Waals surface area contributed by atoms with E-state index in [1.54, 1.807) is 19.5 Å². The van der Waals surface area contributed by atoms with Crippen molar-refractivity contribution in [3.63, 3.8) is 0 Å². The van der Waals surface area contributed by atoms with E-state index < -0.39 is 0 Å². The first-order chi connectivity index (χ1) is 11.7. The summed E-state index contributed by atoms with van der Waals surface area (Å²) in [4.78, 5) is 20.2. The number of benzene rings is 1. The minimum absolute atomic E-state index is 0.133. The molecule has 0 spiro atoms. The maximum atomic E-state index is 12.0. The fourth-order valence-electron chi connectivity index (χ4n) is 2.19. The van der Waals surface area contributed by atoms with Crippen molar-refractivity contribution in [2.75, 3.05) is 12.4 Å². The van der Waals surface area contributed by atoms with E-state index in [1.165, 1.54) is 0 Å². The van der Waals surface area contributed by atoms with E-state index in [2.05, 4.69) is 25.5 Å². The molecule has 0 aliphatic heterocycles. The molecule has 3 aromatic rings. The van der Waals surface area contributed by atoms with Crippen LogP contribution in [-0.4, -0.2) is 33.2 Å². The second-order valence-electron chi connectivity index (χ2n) is 5.14. The molecule has 0 aliphatic carbocycles. The van der Waals surface area contributed by atoms with Crippen molar-refractivity contribution in [3.8, 4) is 17.1 Å². The minimum atomic E-state index is -0.133.